The number of allylic oxidation sites excluding steroid dienone is 1. The van der Waals surface area contributed by atoms with Gasteiger partial charge in [0.2, 0.25) is 0 Å². The number of carbonyl (C=O) groups is 2. The van der Waals surface area contributed by atoms with Crippen LogP contribution in [0.4, 0.5) is 0 Å². The Morgan fingerprint density at radius 2 is 1.93 bits per heavy atom. The van der Waals surface area contributed by atoms with E-state index in [1.807, 2.05) is 25.1 Å². The lowest BCUT2D eigenvalue weighted by Crippen LogP contribution is -2.63. The first-order valence-electron chi connectivity index (χ1n) is 15.6. The second kappa shape index (κ2) is 10.6. The highest BCUT2D eigenvalue weighted by molar-refractivity contribution is 5.90. The highest BCUT2D eigenvalue weighted by atomic mass is 16.7. The average molecular weight is 566 g/mol. The molecule has 0 amide bonds. The minimum absolute atomic E-state index is 0.00865. The van der Waals surface area contributed by atoms with Crippen molar-refractivity contribution >= 4 is 12.3 Å². The highest BCUT2D eigenvalue weighted by Gasteiger charge is 2.84. The molecule has 1 aliphatic heterocycles. The molecule has 41 heavy (non-hydrogen) atoms. The number of benzene rings is 1. The van der Waals surface area contributed by atoms with Gasteiger partial charge in [0.25, 0.3) is 0 Å². The smallest absolute Gasteiger partial charge is 0.315 e. The number of carboxylic acid groups (broad SMARTS) is 1. The Bertz CT molecular complexity index is 1180. The lowest BCUT2D eigenvalue weighted by Gasteiger charge is -2.58. The van der Waals surface area contributed by atoms with Gasteiger partial charge < -0.3 is 24.1 Å². The Hall–Kier alpha value is -2.06. The van der Waals surface area contributed by atoms with Crippen molar-refractivity contribution in [1.29, 1.82) is 0 Å². The van der Waals surface area contributed by atoms with Crippen molar-refractivity contribution in [2.75, 3.05) is 26.8 Å². The number of hydrogen-bond donors (Lipinski definition) is 1. The highest BCUT2D eigenvalue weighted by Crippen LogP contribution is 2.82. The topological polar surface area (TPSA) is 85.3 Å². The van der Waals surface area contributed by atoms with Gasteiger partial charge in [0.1, 0.15) is 11.7 Å². The molecule has 1 heterocycles. The molecule has 7 nitrogen and oxygen atoms in total. The summed E-state index contributed by atoms with van der Waals surface area (Å²) in [5.74, 6) is 0.138. The van der Waals surface area contributed by atoms with Gasteiger partial charge in [0, 0.05) is 32.2 Å². The van der Waals surface area contributed by atoms with Crippen LogP contribution in [0.1, 0.15) is 58.9 Å². The Morgan fingerprint density at radius 1 is 1.17 bits per heavy atom. The number of hydrogen-bond acceptors (Lipinski definition) is 6. The normalized spacial score (nSPS) is 43.6. The van der Waals surface area contributed by atoms with Crippen LogP contribution in [0.2, 0.25) is 0 Å². The molecule has 3 saturated carbocycles. The fourth-order valence-electron chi connectivity index (χ4n) is 10.3. The Labute approximate surface area is 244 Å². The minimum atomic E-state index is -1.24. The van der Waals surface area contributed by atoms with Crippen LogP contribution in [0.5, 0.6) is 0 Å². The molecule has 10 atom stereocenters. The molecular formula is C34H47NO6. The minimum Gasteiger partial charge on any atom is -0.481 e. The number of ether oxygens (including phenoxy) is 3. The summed E-state index contributed by atoms with van der Waals surface area (Å²) in [6.45, 7) is 10.8. The Kier molecular flexibility index (Phi) is 7.49. The maximum Gasteiger partial charge on any atom is 0.315 e. The molecular weight excluding hydrogens is 518 g/mol. The maximum atomic E-state index is 13.7. The predicted molar refractivity (Wildman–Crippen MR) is 155 cm³/mol. The van der Waals surface area contributed by atoms with Crippen LogP contribution < -0.4 is 0 Å². The Morgan fingerprint density at radius 3 is 2.59 bits per heavy atom. The lowest BCUT2D eigenvalue weighted by molar-refractivity contribution is -0.220. The summed E-state index contributed by atoms with van der Waals surface area (Å²) >= 11 is 0. The van der Waals surface area contributed by atoms with E-state index in [1.54, 1.807) is 7.11 Å². The molecule has 1 aromatic carbocycles. The predicted octanol–water partition coefficient (Wildman–Crippen LogP) is 5.19. The van der Waals surface area contributed by atoms with Gasteiger partial charge in [0.05, 0.1) is 24.2 Å². The number of aliphatic carboxylic acids is 1. The van der Waals surface area contributed by atoms with Gasteiger partial charge in [-0.15, -0.1) is 0 Å². The molecule has 4 aliphatic carbocycles. The summed E-state index contributed by atoms with van der Waals surface area (Å²) in [5.41, 5.74) is -0.630. The van der Waals surface area contributed by atoms with Gasteiger partial charge >= 0.3 is 5.97 Å². The molecule has 224 valence electrons. The molecule has 0 radical (unpaired) electrons. The fourth-order valence-corrected chi connectivity index (χ4v) is 10.3. The number of carbonyl (C=O) groups excluding carboxylic acids is 1. The SMILES string of the molecule is CO[C@H]1CN(Cc2ccccc2)C[C@H](OCC23C[C@@H]4[C@H](C)CC[C@H]4[C@@]4(C=O)CC2C=C(C(C)C)[C@@]34C(=O)O)O[C@@H]1C. The zero-order chi connectivity index (χ0) is 29.2. The molecule has 2 unspecified atom stereocenters. The van der Waals surface area contributed by atoms with E-state index >= 15 is 0 Å². The largest absolute Gasteiger partial charge is 0.481 e. The van der Waals surface area contributed by atoms with E-state index in [1.165, 1.54) is 5.56 Å². The van der Waals surface area contributed by atoms with E-state index in [0.717, 1.165) is 37.7 Å². The number of carboxylic acids is 1. The standard InChI is InChI=1S/C34H47NO6/c1-21(2)28-13-25-14-32(19-36)27-12-11-22(3)26(27)15-33(25,34(28,32)31(37)38)20-40-30-18-35(16-24-9-7-6-8-10-24)17-29(39-5)23(4)41-30/h6-10,13,19,21-23,25-27,29-30H,11-12,14-18,20H2,1-5H3,(H,37,38)/t22-,23-,25?,26-,27-,29+,30-,32+,33?,34+/m1/s1. The fraction of sp³-hybridized carbons (Fsp3) is 0.706. The molecule has 5 aliphatic rings. The third-order valence-corrected chi connectivity index (χ3v) is 11.9. The first-order chi connectivity index (χ1) is 19.6. The van der Waals surface area contributed by atoms with Crippen molar-refractivity contribution < 1.29 is 28.9 Å². The number of nitrogens with zero attached hydrogens (tertiary/aromatic N) is 1. The van der Waals surface area contributed by atoms with Crippen molar-refractivity contribution in [3.05, 3.63) is 47.5 Å². The molecule has 6 rings (SSSR count). The molecule has 0 aromatic heterocycles. The lowest BCUT2D eigenvalue weighted by atomic mass is 9.43. The first kappa shape index (κ1) is 29.0. The van der Waals surface area contributed by atoms with Crippen LogP contribution in [-0.4, -0.2) is 67.6 Å². The molecule has 7 heteroatoms. The van der Waals surface area contributed by atoms with Gasteiger partial charge in [-0.05, 0) is 61.3 Å². The third kappa shape index (κ3) is 4.05. The van der Waals surface area contributed by atoms with E-state index in [2.05, 4.69) is 43.9 Å². The van der Waals surface area contributed by atoms with Crippen molar-refractivity contribution in [3.63, 3.8) is 0 Å². The van der Waals surface area contributed by atoms with Crippen LogP contribution >= 0.6 is 0 Å². The van der Waals surface area contributed by atoms with Gasteiger partial charge in [-0.1, -0.05) is 69.2 Å². The molecule has 1 aromatic rings. The molecule has 0 spiro atoms. The first-order valence-corrected chi connectivity index (χ1v) is 15.6. The van der Waals surface area contributed by atoms with Crippen LogP contribution in [0.15, 0.2) is 42.0 Å². The van der Waals surface area contributed by atoms with E-state index in [4.69, 9.17) is 14.2 Å². The van der Waals surface area contributed by atoms with Crippen molar-refractivity contribution in [3.8, 4) is 0 Å². The van der Waals surface area contributed by atoms with E-state index in [0.29, 0.717) is 31.3 Å². The van der Waals surface area contributed by atoms with Crippen molar-refractivity contribution in [2.45, 2.75) is 78.4 Å². The average Bonchev–Trinajstić information content (AvgIpc) is 3.47. The van der Waals surface area contributed by atoms with E-state index in [-0.39, 0.29) is 36.6 Å². The summed E-state index contributed by atoms with van der Waals surface area (Å²) < 4.78 is 19.1. The zero-order valence-electron chi connectivity index (χ0n) is 25.3. The summed E-state index contributed by atoms with van der Waals surface area (Å²) in [7, 11) is 1.72. The van der Waals surface area contributed by atoms with Crippen LogP contribution in [0, 0.1) is 45.8 Å². The monoisotopic (exact) mass is 565 g/mol. The number of fused-ring (bicyclic) bond motifs is 2. The number of methoxy groups -OCH3 is 1. The van der Waals surface area contributed by atoms with E-state index in [9.17, 15) is 14.7 Å². The van der Waals surface area contributed by atoms with Gasteiger partial charge in [-0.3, -0.25) is 9.69 Å². The molecule has 4 bridgehead atoms. The van der Waals surface area contributed by atoms with Crippen molar-refractivity contribution in [2.24, 2.45) is 45.8 Å². The maximum absolute atomic E-state index is 13.7. The summed E-state index contributed by atoms with van der Waals surface area (Å²) in [5, 5.41) is 11.2. The number of aldehydes is 1. The number of rotatable bonds is 9. The summed E-state index contributed by atoms with van der Waals surface area (Å²) in [4.78, 5) is 29.3. The Balaban J connectivity index is 1.34. The van der Waals surface area contributed by atoms with Gasteiger partial charge in [0.15, 0.2) is 6.29 Å². The quantitative estimate of drug-likeness (QED) is 0.326. The van der Waals surface area contributed by atoms with Crippen LogP contribution in [0.25, 0.3) is 0 Å². The van der Waals surface area contributed by atoms with Gasteiger partial charge in [-0.2, -0.15) is 0 Å². The molecule has 1 saturated heterocycles. The van der Waals surface area contributed by atoms with Gasteiger partial charge in [-0.25, -0.2) is 0 Å². The van der Waals surface area contributed by atoms with Crippen LogP contribution in [0.3, 0.4) is 0 Å². The second-order valence-corrected chi connectivity index (χ2v) is 14.0. The zero-order valence-corrected chi connectivity index (χ0v) is 25.3. The third-order valence-electron chi connectivity index (χ3n) is 11.9. The van der Waals surface area contributed by atoms with Crippen molar-refractivity contribution in [1.82, 2.24) is 4.90 Å². The summed E-state index contributed by atoms with van der Waals surface area (Å²) in [6.07, 6.45) is 5.89. The van der Waals surface area contributed by atoms with Crippen LogP contribution in [-0.2, 0) is 30.3 Å². The van der Waals surface area contributed by atoms with E-state index < -0.39 is 28.5 Å². The molecule has 1 N–H and O–H groups in total. The summed E-state index contributed by atoms with van der Waals surface area (Å²) in [6, 6.07) is 10.4. The molecule has 4 fully saturated rings. The second-order valence-electron chi connectivity index (χ2n) is 14.0.